The average molecular weight is 286 g/mol. The highest BCUT2D eigenvalue weighted by molar-refractivity contribution is 14.1. The fourth-order valence-electron chi connectivity index (χ4n) is 0.310. The van der Waals surface area contributed by atoms with Gasteiger partial charge in [-0.25, -0.2) is 9.59 Å². The number of hydrogen-bond donors (Lipinski definition) is 0. The molecule has 0 heterocycles. The lowest BCUT2D eigenvalue weighted by Crippen LogP contribution is -1.99. The molecule has 0 aliphatic carbocycles. The maximum absolute atomic E-state index is 10.5. The normalized spacial score (nSPS) is 9.83. The van der Waals surface area contributed by atoms with Gasteiger partial charge in [0.2, 0.25) is 0 Å². The summed E-state index contributed by atoms with van der Waals surface area (Å²) < 4.78 is 8.88. The monoisotopic (exact) mass is 286 g/mol. The van der Waals surface area contributed by atoms with E-state index in [2.05, 4.69) is 19.7 Å². The highest BCUT2D eigenvalue weighted by atomic mass is 127. The van der Waals surface area contributed by atoms with Crippen molar-refractivity contribution < 1.29 is 19.1 Å². The van der Waals surface area contributed by atoms with Crippen LogP contribution >= 0.6 is 22.6 Å². The minimum absolute atomic E-state index is 0.165. The highest BCUT2D eigenvalue weighted by Crippen LogP contribution is 1.91. The summed E-state index contributed by atoms with van der Waals surface area (Å²) in [5, 5.41) is 5.84. The number of ether oxygens (including phenoxy) is 2. The smallest absolute Gasteiger partial charge is 0.447 e. The van der Waals surface area contributed by atoms with Crippen LogP contribution < -0.4 is 0 Å². The first-order valence-electron chi connectivity index (χ1n) is 3.02. The fraction of sp³-hybridized carbons (Fsp3) is 0.600. The van der Waals surface area contributed by atoms with Crippen molar-refractivity contribution in [2.24, 2.45) is 10.2 Å². The summed E-state index contributed by atoms with van der Waals surface area (Å²) in [6.07, 6.45) is -1.81. The number of carbonyl (C=O) groups is 2. The van der Waals surface area contributed by atoms with Gasteiger partial charge >= 0.3 is 12.2 Å². The van der Waals surface area contributed by atoms with Crippen LogP contribution in [0.15, 0.2) is 10.2 Å². The summed E-state index contributed by atoms with van der Waals surface area (Å²) in [6.45, 7) is 1.82. The van der Waals surface area contributed by atoms with E-state index in [9.17, 15) is 9.59 Å². The molecule has 0 saturated carbocycles. The lowest BCUT2D eigenvalue weighted by Gasteiger charge is -1.92. The van der Waals surface area contributed by atoms with Crippen molar-refractivity contribution >= 4 is 34.8 Å². The lowest BCUT2D eigenvalue weighted by atomic mass is 10.9. The molecule has 7 heteroatoms. The van der Waals surface area contributed by atoms with Crippen LogP contribution in [0.25, 0.3) is 0 Å². The number of carbonyl (C=O) groups excluding carboxylic acids is 2. The molecule has 0 aromatic carbocycles. The molecule has 0 aliphatic heterocycles. The number of amides is 2. The SMILES string of the molecule is CCOC(=O)N=NC(=O)OCI. The minimum atomic E-state index is -0.905. The van der Waals surface area contributed by atoms with Gasteiger partial charge in [-0.15, -0.1) is 0 Å². The van der Waals surface area contributed by atoms with Gasteiger partial charge in [-0.05, 0) is 29.5 Å². The summed E-state index contributed by atoms with van der Waals surface area (Å²) in [5.41, 5.74) is 0. The second-order valence-corrected chi connectivity index (χ2v) is 2.04. The summed E-state index contributed by atoms with van der Waals surface area (Å²) in [7, 11) is 0. The molecule has 2 amide bonds. The van der Waals surface area contributed by atoms with Crippen LogP contribution in [-0.2, 0) is 9.47 Å². The number of rotatable bonds is 2. The van der Waals surface area contributed by atoms with Crippen LogP contribution in [0.4, 0.5) is 9.59 Å². The standard InChI is InChI=1S/C5H7IN2O4/c1-2-11-4(9)7-8-5(10)12-3-6/h2-3H2,1H3. The van der Waals surface area contributed by atoms with Crippen molar-refractivity contribution in [3.8, 4) is 0 Å². The van der Waals surface area contributed by atoms with Gasteiger partial charge in [0.1, 0.15) is 4.61 Å². The van der Waals surface area contributed by atoms with Crippen molar-refractivity contribution in [3.05, 3.63) is 0 Å². The lowest BCUT2D eigenvalue weighted by molar-refractivity contribution is 0.157. The molecular formula is C5H7IN2O4. The molecule has 0 N–H and O–H groups in total. The van der Waals surface area contributed by atoms with Crippen molar-refractivity contribution in [1.29, 1.82) is 0 Å². The molecule has 0 fully saturated rings. The third-order valence-electron chi connectivity index (χ3n) is 0.659. The first-order valence-corrected chi connectivity index (χ1v) is 4.54. The third-order valence-corrected chi connectivity index (χ3v) is 0.971. The van der Waals surface area contributed by atoms with Crippen molar-refractivity contribution in [2.45, 2.75) is 6.92 Å². The molecule has 0 saturated heterocycles. The van der Waals surface area contributed by atoms with Gasteiger partial charge in [-0.1, -0.05) is 10.2 Å². The second-order valence-electron chi connectivity index (χ2n) is 1.42. The molecule has 0 unspecified atom stereocenters. The van der Waals surface area contributed by atoms with Gasteiger partial charge < -0.3 is 9.47 Å². The Morgan fingerprint density at radius 2 is 1.75 bits per heavy atom. The molecule has 0 spiro atoms. The molecule has 0 bridgehead atoms. The maximum Gasteiger partial charge on any atom is 0.453 e. The number of hydrogen-bond acceptors (Lipinski definition) is 4. The van der Waals surface area contributed by atoms with E-state index in [4.69, 9.17) is 0 Å². The first-order chi connectivity index (χ1) is 5.70. The molecule has 12 heavy (non-hydrogen) atoms. The Bertz CT molecular complexity index is 174. The predicted octanol–water partition coefficient (Wildman–Crippen LogP) is 2.12. The Hall–Kier alpha value is -0.730. The number of halogens is 1. The zero-order chi connectivity index (χ0) is 9.40. The summed E-state index contributed by atoms with van der Waals surface area (Å²) in [4.78, 5) is 20.9. The Morgan fingerprint density at radius 3 is 2.17 bits per heavy atom. The van der Waals surface area contributed by atoms with E-state index in [0.29, 0.717) is 0 Å². The second kappa shape index (κ2) is 6.95. The van der Waals surface area contributed by atoms with Crippen LogP contribution in [0.1, 0.15) is 6.92 Å². The Morgan fingerprint density at radius 1 is 1.25 bits per heavy atom. The van der Waals surface area contributed by atoms with Crippen molar-refractivity contribution in [1.82, 2.24) is 0 Å². The topological polar surface area (TPSA) is 77.3 Å². The minimum Gasteiger partial charge on any atom is -0.447 e. The van der Waals surface area contributed by atoms with Crippen molar-refractivity contribution in [2.75, 3.05) is 11.2 Å². The number of azo groups is 1. The van der Waals surface area contributed by atoms with Gasteiger partial charge in [0.15, 0.2) is 0 Å². The van der Waals surface area contributed by atoms with E-state index in [0.717, 1.165) is 0 Å². The molecule has 68 valence electrons. The summed E-state index contributed by atoms with van der Waals surface area (Å²) in [5.74, 6) is 0. The Balaban J connectivity index is 3.73. The number of nitrogens with zero attached hydrogens (tertiary/aromatic N) is 2. The van der Waals surface area contributed by atoms with Gasteiger partial charge in [0.25, 0.3) is 0 Å². The largest absolute Gasteiger partial charge is 0.453 e. The predicted molar refractivity (Wildman–Crippen MR) is 47.2 cm³/mol. The van der Waals surface area contributed by atoms with Gasteiger partial charge in [0.05, 0.1) is 6.61 Å². The van der Waals surface area contributed by atoms with Crippen LogP contribution in [0.2, 0.25) is 0 Å². The number of alkyl halides is 1. The van der Waals surface area contributed by atoms with E-state index < -0.39 is 12.2 Å². The van der Waals surface area contributed by atoms with Crippen LogP contribution in [0.5, 0.6) is 0 Å². The molecule has 0 aromatic rings. The van der Waals surface area contributed by atoms with Gasteiger partial charge in [-0.3, -0.25) is 0 Å². The Kier molecular flexibility index (Phi) is 6.53. The van der Waals surface area contributed by atoms with E-state index in [1.807, 2.05) is 22.6 Å². The van der Waals surface area contributed by atoms with Crippen molar-refractivity contribution in [3.63, 3.8) is 0 Å². The van der Waals surface area contributed by atoms with Crippen LogP contribution in [0.3, 0.4) is 0 Å². The fourth-order valence-corrected chi connectivity index (χ4v) is 0.576. The highest BCUT2D eigenvalue weighted by Gasteiger charge is 2.00. The zero-order valence-electron chi connectivity index (χ0n) is 6.32. The van der Waals surface area contributed by atoms with Gasteiger partial charge in [-0.2, -0.15) is 0 Å². The van der Waals surface area contributed by atoms with E-state index in [1.54, 1.807) is 6.92 Å². The van der Waals surface area contributed by atoms with E-state index >= 15 is 0 Å². The van der Waals surface area contributed by atoms with Gasteiger partial charge in [0, 0.05) is 0 Å². The zero-order valence-corrected chi connectivity index (χ0v) is 8.48. The quantitative estimate of drug-likeness (QED) is 0.442. The van der Waals surface area contributed by atoms with E-state index in [-0.39, 0.29) is 11.2 Å². The third kappa shape index (κ3) is 6.01. The maximum atomic E-state index is 10.5. The molecule has 0 aliphatic rings. The average Bonchev–Trinajstić information content (AvgIpc) is 2.02. The van der Waals surface area contributed by atoms with Crippen LogP contribution in [-0.4, -0.2) is 23.4 Å². The molecule has 0 rings (SSSR count). The molecule has 6 nitrogen and oxygen atoms in total. The first kappa shape index (κ1) is 11.3. The molecule has 0 atom stereocenters. The Labute approximate surface area is 82.5 Å². The summed E-state index contributed by atoms with van der Waals surface area (Å²) >= 11 is 1.82. The summed E-state index contributed by atoms with van der Waals surface area (Å²) in [6, 6.07) is 0. The van der Waals surface area contributed by atoms with Crippen LogP contribution in [0, 0.1) is 0 Å². The molecule has 0 aromatic heterocycles. The van der Waals surface area contributed by atoms with E-state index in [1.165, 1.54) is 0 Å². The molecule has 0 radical (unpaired) electrons. The molecular weight excluding hydrogens is 279 g/mol.